The number of hydrogen-bond acceptors (Lipinski definition) is 1. The van der Waals surface area contributed by atoms with Crippen molar-refractivity contribution >= 4 is 0 Å². The molecule has 1 heteroatoms. The number of benzene rings is 1. The molecular formula is C12H17N. The first-order chi connectivity index (χ1) is 6.20. The minimum atomic E-state index is 0.115. The highest BCUT2D eigenvalue weighted by Crippen LogP contribution is 2.09. The molecule has 13 heavy (non-hydrogen) atoms. The molecule has 70 valence electrons. The summed E-state index contributed by atoms with van der Waals surface area (Å²) in [4.78, 5) is 0. The van der Waals surface area contributed by atoms with Gasteiger partial charge < -0.3 is 5.73 Å². The predicted octanol–water partition coefficient (Wildman–Crippen LogP) is 2.52. The molecule has 0 spiro atoms. The number of rotatable bonds is 4. The lowest BCUT2D eigenvalue weighted by atomic mass is 10.0. The molecule has 2 N–H and O–H groups in total. The van der Waals surface area contributed by atoms with E-state index < -0.39 is 0 Å². The van der Waals surface area contributed by atoms with E-state index in [1.165, 1.54) is 5.56 Å². The summed E-state index contributed by atoms with van der Waals surface area (Å²) in [6, 6.07) is 10.5. The summed E-state index contributed by atoms with van der Waals surface area (Å²) in [6.45, 7) is 5.92. The van der Waals surface area contributed by atoms with Crippen LogP contribution in [-0.2, 0) is 6.42 Å². The predicted molar refractivity (Wildman–Crippen MR) is 57.6 cm³/mol. The fraction of sp³-hybridized carbons (Fsp3) is 0.333. The van der Waals surface area contributed by atoms with E-state index in [0.717, 1.165) is 18.4 Å². The van der Waals surface area contributed by atoms with Crippen LogP contribution >= 0.6 is 0 Å². The summed E-state index contributed by atoms with van der Waals surface area (Å²) >= 11 is 0. The molecule has 1 atom stereocenters. The lowest BCUT2D eigenvalue weighted by molar-refractivity contribution is 0.784. The van der Waals surface area contributed by atoms with Gasteiger partial charge in [-0.15, -0.1) is 0 Å². The third-order valence-electron chi connectivity index (χ3n) is 2.22. The van der Waals surface area contributed by atoms with E-state index in [-0.39, 0.29) is 6.04 Å². The second kappa shape index (κ2) is 4.83. The Balaban J connectivity index is 2.40. The molecule has 0 bridgehead atoms. The van der Waals surface area contributed by atoms with Crippen molar-refractivity contribution in [3.05, 3.63) is 48.0 Å². The van der Waals surface area contributed by atoms with Gasteiger partial charge in [-0.1, -0.05) is 42.5 Å². The third kappa shape index (κ3) is 3.43. The van der Waals surface area contributed by atoms with Crippen molar-refractivity contribution in [3.8, 4) is 0 Å². The highest BCUT2D eigenvalue weighted by molar-refractivity contribution is 5.16. The fourth-order valence-electron chi connectivity index (χ4n) is 1.18. The van der Waals surface area contributed by atoms with E-state index >= 15 is 0 Å². The highest BCUT2D eigenvalue weighted by Gasteiger charge is 2.00. The van der Waals surface area contributed by atoms with Crippen LogP contribution in [0.4, 0.5) is 0 Å². The van der Waals surface area contributed by atoms with Gasteiger partial charge in [0.2, 0.25) is 0 Å². The lowest BCUT2D eigenvalue weighted by Gasteiger charge is -2.08. The molecule has 0 saturated heterocycles. The van der Waals surface area contributed by atoms with Crippen LogP contribution in [0.3, 0.4) is 0 Å². The zero-order chi connectivity index (χ0) is 9.68. The normalized spacial score (nSPS) is 12.5. The maximum Gasteiger partial charge on any atom is 0.0222 e. The van der Waals surface area contributed by atoms with Gasteiger partial charge in [0.05, 0.1) is 0 Å². The summed E-state index contributed by atoms with van der Waals surface area (Å²) in [6.07, 6.45) is 2.03. The van der Waals surface area contributed by atoms with E-state index in [1.54, 1.807) is 0 Å². The van der Waals surface area contributed by atoms with Crippen LogP contribution in [-0.4, -0.2) is 6.04 Å². The summed E-state index contributed by atoms with van der Waals surface area (Å²) in [7, 11) is 0. The molecule has 0 saturated carbocycles. The summed E-state index contributed by atoms with van der Waals surface area (Å²) in [5.74, 6) is 0. The van der Waals surface area contributed by atoms with Crippen LogP contribution < -0.4 is 5.73 Å². The van der Waals surface area contributed by atoms with E-state index in [1.807, 2.05) is 13.0 Å². The average molecular weight is 175 g/mol. The molecule has 1 nitrogen and oxygen atoms in total. The van der Waals surface area contributed by atoms with Crippen molar-refractivity contribution in [2.75, 3.05) is 0 Å². The number of nitrogens with two attached hydrogens (primary N) is 1. The first-order valence-corrected chi connectivity index (χ1v) is 4.67. The quantitative estimate of drug-likeness (QED) is 0.699. The minimum absolute atomic E-state index is 0.115. The number of aryl methyl sites for hydroxylation is 1. The molecule has 0 aliphatic heterocycles. The van der Waals surface area contributed by atoms with Crippen LogP contribution in [0.15, 0.2) is 42.5 Å². The summed E-state index contributed by atoms with van der Waals surface area (Å²) in [5, 5.41) is 0. The molecular weight excluding hydrogens is 158 g/mol. The van der Waals surface area contributed by atoms with Gasteiger partial charge in [0.25, 0.3) is 0 Å². The molecule has 0 aliphatic rings. The van der Waals surface area contributed by atoms with Gasteiger partial charge in [0.1, 0.15) is 0 Å². The zero-order valence-electron chi connectivity index (χ0n) is 8.16. The summed E-state index contributed by atoms with van der Waals surface area (Å²) < 4.78 is 0. The largest absolute Gasteiger partial charge is 0.324 e. The molecule has 0 amide bonds. The van der Waals surface area contributed by atoms with E-state index in [2.05, 4.69) is 30.8 Å². The zero-order valence-corrected chi connectivity index (χ0v) is 8.16. The smallest absolute Gasteiger partial charge is 0.0222 e. The maximum absolute atomic E-state index is 5.70. The Bertz CT molecular complexity index is 262. The van der Waals surface area contributed by atoms with Crippen molar-refractivity contribution in [1.29, 1.82) is 0 Å². The first kappa shape index (κ1) is 10.0. The van der Waals surface area contributed by atoms with Crippen molar-refractivity contribution in [2.45, 2.75) is 25.8 Å². The minimum Gasteiger partial charge on any atom is -0.324 e. The first-order valence-electron chi connectivity index (χ1n) is 4.67. The SMILES string of the molecule is C=C(CCc1ccccc1)C(C)N. The van der Waals surface area contributed by atoms with Crippen LogP contribution in [0, 0.1) is 0 Å². The Morgan fingerprint density at radius 2 is 2.00 bits per heavy atom. The van der Waals surface area contributed by atoms with E-state index in [4.69, 9.17) is 5.73 Å². The standard InChI is InChI=1S/C12H17N/c1-10(11(2)13)8-9-12-6-4-3-5-7-12/h3-7,11H,1,8-9,13H2,2H3. The van der Waals surface area contributed by atoms with Crippen molar-refractivity contribution in [3.63, 3.8) is 0 Å². The van der Waals surface area contributed by atoms with Gasteiger partial charge in [-0.2, -0.15) is 0 Å². The van der Waals surface area contributed by atoms with E-state index in [0.29, 0.717) is 0 Å². The van der Waals surface area contributed by atoms with Crippen LogP contribution in [0.25, 0.3) is 0 Å². The van der Waals surface area contributed by atoms with Crippen LogP contribution in [0.1, 0.15) is 18.9 Å². The second-order valence-corrected chi connectivity index (χ2v) is 3.43. The molecule has 0 heterocycles. The molecule has 1 rings (SSSR count). The third-order valence-corrected chi connectivity index (χ3v) is 2.22. The molecule has 0 radical (unpaired) electrons. The average Bonchev–Trinajstić information content (AvgIpc) is 2.15. The monoisotopic (exact) mass is 175 g/mol. The van der Waals surface area contributed by atoms with Gasteiger partial charge in [-0.25, -0.2) is 0 Å². The van der Waals surface area contributed by atoms with Gasteiger partial charge >= 0.3 is 0 Å². The van der Waals surface area contributed by atoms with Crippen LogP contribution in [0.2, 0.25) is 0 Å². The Kier molecular flexibility index (Phi) is 3.71. The van der Waals surface area contributed by atoms with Crippen LogP contribution in [0.5, 0.6) is 0 Å². The molecule has 0 aromatic heterocycles. The Morgan fingerprint density at radius 3 is 2.54 bits per heavy atom. The molecule has 1 aromatic rings. The molecule has 0 aliphatic carbocycles. The summed E-state index contributed by atoms with van der Waals surface area (Å²) in [5.41, 5.74) is 8.18. The van der Waals surface area contributed by atoms with Crippen molar-refractivity contribution in [2.24, 2.45) is 5.73 Å². The van der Waals surface area contributed by atoms with Gasteiger partial charge in [-0.3, -0.25) is 0 Å². The fourth-order valence-corrected chi connectivity index (χ4v) is 1.18. The maximum atomic E-state index is 5.70. The van der Waals surface area contributed by atoms with E-state index in [9.17, 15) is 0 Å². The highest BCUT2D eigenvalue weighted by atomic mass is 14.6. The van der Waals surface area contributed by atoms with Crippen molar-refractivity contribution in [1.82, 2.24) is 0 Å². The topological polar surface area (TPSA) is 26.0 Å². The Hall–Kier alpha value is -1.08. The van der Waals surface area contributed by atoms with Gasteiger partial charge in [0, 0.05) is 6.04 Å². The van der Waals surface area contributed by atoms with Gasteiger partial charge in [-0.05, 0) is 25.3 Å². The molecule has 0 fully saturated rings. The Labute approximate surface area is 80.3 Å². The number of hydrogen-bond donors (Lipinski definition) is 1. The molecule has 1 unspecified atom stereocenters. The second-order valence-electron chi connectivity index (χ2n) is 3.43. The lowest BCUT2D eigenvalue weighted by Crippen LogP contribution is -2.17. The van der Waals surface area contributed by atoms with Crippen molar-refractivity contribution < 1.29 is 0 Å². The Morgan fingerprint density at radius 1 is 1.38 bits per heavy atom. The van der Waals surface area contributed by atoms with Gasteiger partial charge in [0.15, 0.2) is 0 Å². The molecule has 1 aromatic carbocycles.